The molecule has 0 aromatic rings. The molecule has 1 aliphatic heterocycles. The molecule has 1 heterocycles. The first-order valence-electron chi connectivity index (χ1n) is 14.5. The molecule has 0 amide bonds. The molecular weight excluding hydrogens is 456 g/mol. The van der Waals surface area contributed by atoms with Gasteiger partial charge in [-0.2, -0.15) is 0 Å². The summed E-state index contributed by atoms with van der Waals surface area (Å²) in [6, 6.07) is 0. The van der Waals surface area contributed by atoms with Crippen LogP contribution in [0.4, 0.5) is 0 Å². The van der Waals surface area contributed by atoms with Gasteiger partial charge in [0.25, 0.3) is 0 Å². The Labute approximate surface area is 218 Å². The van der Waals surface area contributed by atoms with Crippen LogP contribution in [-0.2, 0) is 19.0 Å². The van der Waals surface area contributed by atoms with Crippen LogP contribution in [0.3, 0.4) is 0 Å². The Morgan fingerprint density at radius 3 is 2.64 bits per heavy atom. The van der Waals surface area contributed by atoms with Crippen LogP contribution >= 0.6 is 0 Å². The van der Waals surface area contributed by atoms with Crippen LogP contribution in [0.15, 0.2) is 24.3 Å². The lowest BCUT2D eigenvalue weighted by atomic mass is 9.77. The van der Waals surface area contributed by atoms with E-state index in [4.69, 9.17) is 14.2 Å². The molecule has 0 bridgehead atoms. The quantitative estimate of drug-likeness (QED) is 0.189. The summed E-state index contributed by atoms with van der Waals surface area (Å²) >= 11 is 0. The zero-order valence-electron chi connectivity index (χ0n) is 22.6. The maximum atomic E-state index is 11.3. The van der Waals surface area contributed by atoms with Gasteiger partial charge in [0.05, 0.1) is 25.4 Å². The molecule has 2 N–H and O–H groups in total. The molecule has 0 spiro atoms. The van der Waals surface area contributed by atoms with Crippen molar-refractivity contribution < 1.29 is 29.2 Å². The predicted octanol–water partition coefficient (Wildman–Crippen LogP) is 5.71. The van der Waals surface area contributed by atoms with Crippen molar-refractivity contribution in [2.45, 2.75) is 121 Å². The molecular formula is C30H50O6. The standard InChI is InChI=1S/C30H50O6/c1-3-10-22-14-16-23(17-15-22)26(31)19-18-25-24(11-6-4-5-7-12-29(33)34-2)27(32)21-28(25)36-30-13-8-9-20-35-30/h4,6,18-19,22-28,30-32H,3,5,7-17,20-21H2,1-2H3/t22?,23?,24-,25-,26-,27+,28-,30?/m1/s1. The van der Waals surface area contributed by atoms with Crippen molar-refractivity contribution in [3.05, 3.63) is 24.3 Å². The normalized spacial score (nSPS) is 34.4. The van der Waals surface area contributed by atoms with Gasteiger partial charge in [0.2, 0.25) is 0 Å². The lowest BCUT2D eigenvalue weighted by molar-refractivity contribution is -0.193. The van der Waals surface area contributed by atoms with Crippen molar-refractivity contribution in [2.75, 3.05) is 13.7 Å². The highest BCUT2D eigenvalue weighted by Crippen LogP contribution is 2.40. The third kappa shape index (κ3) is 9.27. The van der Waals surface area contributed by atoms with Crippen LogP contribution in [0, 0.1) is 23.7 Å². The Morgan fingerprint density at radius 2 is 1.94 bits per heavy atom. The van der Waals surface area contributed by atoms with Crippen LogP contribution in [0.1, 0.15) is 96.8 Å². The lowest BCUT2D eigenvalue weighted by Crippen LogP contribution is -2.31. The van der Waals surface area contributed by atoms with E-state index in [2.05, 4.69) is 25.2 Å². The molecule has 6 nitrogen and oxygen atoms in total. The number of hydrogen-bond donors (Lipinski definition) is 2. The maximum absolute atomic E-state index is 11.3. The zero-order chi connectivity index (χ0) is 25.8. The SMILES string of the molecule is CCCC1CCC([C@H](O)C=C[C@@H]2[C@@H](CC=CCCCC(=O)OC)[C@@H](O)C[C@H]2OC2CCCCO2)CC1. The smallest absolute Gasteiger partial charge is 0.305 e. The molecule has 3 aliphatic rings. The number of methoxy groups -OCH3 is 1. The summed E-state index contributed by atoms with van der Waals surface area (Å²) in [5, 5.41) is 21.9. The van der Waals surface area contributed by atoms with Gasteiger partial charge < -0.3 is 24.4 Å². The minimum atomic E-state index is -0.449. The molecule has 0 aromatic heterocycles. The molecule has 1 unspecified atom stereocenters. The number of hydrogen-bond acceptors (Lipinski definition) is 6. The molecule has 1 saturated heterocycles. The first-order chi connectivity index (χ1) is 17.5. The molecule has 3 fully saturated rings. The van der Waals surface area contributed by atoms with Gasteiger partial charge in [0.1, 0.15) is 0 Å². The van der Waals surface area contributed by atoms with Crippen molar-refractivity contribution >= 4 is 5.97 Å². The van der Waals surface area contributed by atoms with Gasteiger partial charge in [-0.25, -0.2) is 0 Å². The van der Waals surface area contributed by atoms with Crippen LogP contribution in [0.2, 0.25) is 0 Å². The van der Waals surface area contributed by atoms with Crippen molar-refractivity contribution in [3.63, 3.8) is 0 Å². The van der Waals surface area contributed by atoms with Gasteiger partial charge in [-0.3, -0.25) is 4.79 Å². The Balaban J connectivity index is 1.58. The average Bonchev–Trinajstić information content (AvgIpc) is 3.18. The van der Waals surface area contributed by atoms with E-state index in [0.717, 1.165) is 63.9 Å². The molecule has 36 heavy (non-hydrogen) atoms. The molecule has 206 valence electrons. The number of aliphatic hydroxyl groups excluding tert-OH is 2. The minimum absolute atomic E-state index is 0.0383. The monoisotopic (exact) mass is 506 g/mol. The highest BCUT2D eigenvalue weighted by Gasteiger charge is 2.42. The lowest BCUT2D eigenvalue weighted by Gasteiger charge is -2.31. The predicted molar refractivity (Wildman–Crippen MR) is 141 cm³/mol. The van der Waals surface area contributed by atoms with E-state index >= 15 is 0 Å². The average molecular weight is 507 g/mol. The van der Waals surface area contributed by atoms with Gasteiger partial charge in [-0.15, -0.1) is 0 Å². The molecule has 3 rings (SSSR count). The van der Waals surface area contributed by atoms with Gasteiger partial charge in [-0.1, -0.05) is 56.9 Å². The number of carbonyl (C=O) groups is 1. The Kier molecular flexibility index (Phi) is 13.0. The summed E-state index contributed by atoms with van der Waals surface area (Å²) in [6.07, 6.45) is 20.7. The van der Waals surface area contributed by atoms with E-state index in [1.165, 1.54) is 32.8 Å². The second-order valence-electron chi connectivity index (χ2n) is 11.1. The highest BCUT2D eigenvalue weighted by atomic mass is 16.7. The number of unbranched alkanes of at least 4 members (excludes halogenated alkanes) is 1. The van der Waals surface area contributed by atoms with E-state index in [0.29, 0.717) is 18.8 Å². The number of carbonyl (C=O) groups excluding carboxylic acids is 1. The summed E-state index contributed by atoms with van der Waals surface area (Å²) in [4.78, 5) is 11.3. The summed E-state index contributed by atoms with van der Waals surface area (Å²) < 4.78 is 16.9. The van der Waals surface area contributed by atoms with Crippen LogP contribution in [0.5, 0.6) is 0 Å². The molecule has 6 atom stereocenters. The van der Waals surface area contributed by atoms with Crippen LogP contribution in [0.25, 0.3) is 0 Å². The summed E-state index contributed by atoms with van der Waals surface area (Å²) in [6.45, 7) is 2.99. The first-order valence-corrected chi connectivity index (χ1v) is 14.5. The van der Waals surface area contributed by atoms with Gasteiger partial charge in [0.15, 0.2) is 6.29 Å². The second kappa shape index (κ2) is 15.9. The van der Waals surface area contributed by atoms with Gasteiger partial charge >= 0.3 is 5.97 Å². The molecule has 0 radical (unpaired) electrons. The molecule has 0 aromatic carbocycles. The Hall–Kier alpha value is -1.21. The fraction of sp³-hybridized carbons (Fsp3) is 0.833. The summed E-state index contributed by atoms with van der Waals surface area (Å²) in [5.74, 6) is 1.05. The van der Waals surface area contributed by atoms with Crippen LogP contribution in [-0.4, -0.2) is 54.5 Å². The molecule has 2 saturated carbocycles. The van der Waals surface area contributed by atoms with Gasteiger partial charge in [0, 0.05) is 25.4 Å². The topological polar surface area (TPSA) is 85.2 Å². The van der Waals surface area contributed by atoms with E-state index in [9.17, 15) is 15.0 Å². The van der Waals surface area contributed by atoms with Crippen molar-refractivity contribution in [3.8, 4) is 0 Å². The van der Waals surface area contributed by atoms with Gasteiger partial charge in [-0.05, 0) is 69.1 Å². The third-order valence-corrected chi connectivity index (χ3v) is 8.51. The van der Waals surface area contributed by atoms with E-state index in [-0.39, 0.29) is 30.2 Å². The fourth-order valence-corrected chi connectivity index (χ4v) is 6.31. The summed E-state index contributed by atoms with van der Waals surface area (Å²) in [7, 11) is 1.42. The van der Waals surface area contributed by atoms with Crippen molar-refractivity contribution in [1.29, 1.82) is 0 Å². The van der Waals surface area contributed by atoms with E-state index < -0.39 is 12.2 Å². The highest BCUT2D eigenvalue weighted by molar-refractivity contribution is 5.69. The van der Waals surface area contributed by atoms with Crippen molar-refractivity contribution in [2.24, 2.45) is 23.7 Å². The second-order valence-corrected chi connectivity index (χ2v) is 11.1. The number of aliphatic hydroxyl groups is 2. The summed E-state index contributed by atoms with van der Waals surface area (Å²) in [5.41, 5.74) is 0. The van der Waals surface area contributed by atoms with Crippen LogP contribution < -0.4 is 0 Å². The number of allylic oxidation sites excluding steroid dienone is 2. The molecule has 6 heteroatoms. The zero-order valence-corrected chi connectivity index (χ0v) is 22.6. The third-order valence-electron chi connectivity index (χ3n) is 8.51. The number of ether oxygens (including phenoxy) is 3. The number of esters is 1. The van der Waals surface area contributed by atoms with Crippen molar-refractivity contribution in [1.82, 2.24) is 0 Å². The minimum Gasteiger partial charge on any atom is -0.469 e. The van der Waals surface area contributed by atoms with E-state index in [1.807, 2.05) is 6.08 Å². The number of rotatable bonds is 13. The molecule has 2 aliphatic carbocycles. The largest absolute Gasteiger partial charge is 0.469 e. The Bertz CT molecular complexity index is 677. The Morgan fingerprint density at radius 1 is 1.14 bits per heavy atom. The first kappa shape index (κ1) is 29.3. The van der Waals surface area contributed by atoms with E-state index in [1.54, 1.807) is 0 Å². The maximum Gasteiger partial charge on any atom is 0.305 e. The fourth-order valence-electron chi connectivity index (χ4n) is 6.31.